The highest BCUT2D eigenvalue weighted by Gasteiger charge is 2.12. The Balaban J connectivity index is 1.80. The lowest BCUT2D eigenvalue weighted by molar-refractivity contribution is -0.255. The van der Waals surface area contributed by atoms with Crippen LogP contribution in [0.5, 0.6) is 0 Å². The number of aromatic carboxylic acids is 1. The van der Waals surface area contributed by atoms with Crippen molar-refractivity contribution in [3.63, 3.8) is 0 Å². The van der Waals surface area contributed by atoms with Gasteiger partial charge in [-0.15, -0.1) is 0 Å². The maximum Gasteiger partial charge on any atom is 0.142 e. The van der Waals surface area contributed by atoms with Crippen molar-refractivity contribution in [1.82, 2.24) is 4.57 Å². The van der Waals surface area contributed by atoms with Crippen LogP contribution < -0.4 is 5.11 Å². The Labute approximate surface area is 158 Å². The van der Waals surface area contributed by atoms with E-state index in [4.69, 9.17) is 4.84 Å². The van der Waals surface area contributed by atoms with Crippen LogP contribution in [0.25, 0.3) is 5.69 Å². The first-order chi connectivity index (χ1) is 13.0. The van der Waals surface area contributed by atoms with Gasteiger partial charge in [-0.25, -0.2) is 0 Å². The van der Waals surface area contributed by atoms with Gasteiger partial charge in [0.05, 0.1) is 12.2 Å². The topological polar surface area (TPSA) is 66.6 Å². The van der Waals surface area contributed by atoms with Crippen LogP contribution in [0.2, 0.25) is 0 Å². The molecule has 0 aliphatic rings. The first kappa shape index (κ1) is 18.5. The second-order valence-corrected chi connectivity index (χ2v) is 6.44. The van der Waals surface area contributed by atoms with Crippen molar-refractivity contribution in [2.24, 2.45) is 5.16 Å². The fourth-order valence-electron chi connectivity index (χ4n) is 3.10. The SMILES string of the molecule is Cc1cc(C(=O)[O-])ccc1-n1c(C)cc(/C=N\OCc2ccccc2)c1C. The fraction of sp³-hybridized carbons (Fsp3) is 0.182. The molecule has 0 amide bonds. The highest BCUT2D eigenvalue weighted by atomic mass is 16.6. The Hall–Kier alpha value is -3.34. The first-order valence-corrected chi connectivity index (χ1v) is 8.68. The molecule has 1 heterocycles. The summed E-state index contributed by atoms with van der Waals surface area (Å²) < 4.78 is 2.08. The number of benzene rings is 2. The van der Waals surface area contributed by atoms with Crippen LogP contribution in [0.3, 0.4) is 0 Å². The molecule has 0 aliphatic carbocycles. The Morgan fingerprint density at radius 2 is 1.85 bits per heavy atom. The number of hydrogen-bond donors (Lipinski definition) is 0. The Morgan fingerprint density at radius 1 is 1.11 bits per heavy atom. The van der Waals surface area contributed by atoms with Crippen LogP contribution in [0, 0.1) is 20.8 Å². The Kier molecular flexibility index (Phi) is 5.41. The summed E-state index contributed by atoms with van der Waals surface area (Å²) in [6, 6.07) is 16.9. The molecular weight excluding hydrogens is 340 g/mol. The van der Waals surface area contributed by atoms with E-state index in [-0.39, 0.29) is 5.56 Å². The van der Waals surface area contributed by atoms with E-state index in [1.165, 1.54) is 0 Å². The molecule has 0 bridgehead atoms. The van der Waals surface area contributed by atoms with Crippen LogP contribution in [-0.2, 0) is 11.4 Å². The van der Waals surface area contributed by atoms with E-state index in [0.29, 0.717) is 6.61 Å². The second kappa shape index (κ2) is 7.91. The number of aryl methyl sites for hydroxylation is 2. The van der Waals surface area contributed by atoms with Crippen LogP contribution >= 0.6 is 0 Å². The lowest BCUT2D eigenvalue weighted by atomic mass is 10.1. The molecule has 3 aromatic rings. The van der Waals surface area contributed by atoms with Crippen molar-refractivity contribution in [2.75, 3.05) is 0 Å². The zero-order valence-electron chi connectivity index (χ0n) is 15.6. The molecule has 0 N–H and O–H groups in total. The van der Waals surface area contributed by atoms with Gasteiger partial charge in [0.1, 0.15) is 6.61 Å². The predicted octanol–water partition coefficient (Wildman–Crippen LogP) is 3.32. The summed E-state index contributed by atoms with van der Waals surface area (Å²) >= 11 is 0. The third-order valence-corrected chi connectivity index (χ3v) is 4.48. The number of nitrogens with zero attached hydrogens (tertiary/aromatic N) is 2. The molecule has 138 valence electrons. The highest BCUT2D eigenvalue weighted by Crippen LogP contribution is 2.23. The number of carboxylic acids is 1. The summed E-state index contributed by atoms with van der Waals surface area (Å²) in [5.74, 6) is -1.17. The third-order valence-electron chi connectivity index (χ3n) is 4.48. The van der Waals surface area contributed by atoms with E-state index in [2.05, 4.69) is 9.72 Å². The number of rotatable bonds is 6. The largest absolute Gasteiger partial charge is 0.545 e. The number of carbonyl (C=O) groups is 1. The molecule has 27 heavy (non-hydrogen) atoms. The lowest BCUT2D eigenvalue weighted by Crippen LogP contribution is -2.22. The molecule has 1 aromatic heterocycles. The zero-order valence-corrected chi connectivity index (χ0v) is 15.6. The molecule has 0 radical (unpaired) electrons. The van der Waals surface area contributed by atoms with E-state index >= 15 is 0 Å². The molecule has 0 fully saturated rings. The molecule has 0 atom stereocenters. The molecule has 0 saturated carbocycles. The van der Waals surface area contributed by atoms with Crippen molar-refractivity contribution >= 4 is 12.2 Å². The van der Waals surface area contributed by atoms with Crippen LogP contribution in [0.15, 0.2) is 59.8 Å². The molecule has 5 heteroatoms. The highest BCUT2D eigenvalue weighted by molar-refractivity contribution is 5.86. The fourth-order valence-corrected chi connectivity index (χ4v) is 3.10. The van der Waals surface area contributed by atoms with Gasteiger partial charge in [-0.2, -0.15) is 0 Å². The van der Waals surface area contributed by atoms with Gasteiger partial charge in [0, 0.05) is 22.6 Å². The molecule has 0 unspecified atom stereocenters. The van der Waals surface area contributed by atoms with Crippen molar-refractivity contribution < 1.29 is 14.7 Å². The van der Waals surface area contributed by atoms with Crippen LogP contribution in [-0.4, -0.2) is 16.8 Å². The lowest BCUT2D eigenvalue weighted by Gasteiger charge is -2.14. The normalized spacial score (nSPS) is 11.1. The maximum atomic E-state index is 11.0. The molecule has 2 aromatic carbocycles. The summed E-state index contributed by atoms with van der Waals surface area (Å²) in [5, 5.41) is 15.1. The average molecular weight is 361 g/mol. The van der Waals surface area contributed by atoms with Gasteiger partial charge in [0.25, 0.3) is 0 Å². The van der Waals surface area contributed by atoms with E-state index in [1.807, 2.05) is 57.2 Å². The Morgan fingerprint density at radius 3 is 2.52 bits per heavy atom. The van der Waals surface area contributed by atoms with Gasteiger partial charge >= 0.3 is 0 Å². The minimum absolute atomic E-state index is 0.176. The summed E-state index contributed by atoms with van der Waals surface area (Å²) in [7, 11) is 0. The quantitative estimate of drug-likeness (QED) is 0.500. The molecule has 0 spiro atoms. The molecular formula is C22H21N2O3-. The number of carboxylic acid groups (broad SMARTS) is 1. The van der Waals surface area contributed by atoms with Gasteiger partial charge in [0.15, 0.2) is 0 Å². The van der Waals surface area contributed by atoms with E-state index in [9.17, 15) is 9.90 Å². The molecule has 0 aliphatic heterocycles. The van der Waals surface area contributed by atoms with Crippen molar-refractivity contribution in [1.29, 1.82) is 0 Å². The molecule has 0 saturated heterocycles. The second-order valence-electron chi connectivity index (χ2n) is 6.44. The number of oxime groups is 1. The summed E-state index contributed by atoms with van der Waals surface area (Å²) in [6.07, 6.45) is 1.70. The van der Waals surface area contributed by atoms with Gasteiger partial charge in [0.2, 0.25) is 0 Å². The van der Waals surface area contributed by atoms with E-state index in [0.717, 1.165) is 33.8 Å². The van der Waals surface area contributed by atoms with Gasteiger partial charge in [-0.05, 0) is 55.7 Å². The van der Waals surface area contributed by atoms with Crippen LogP contribution in [0.4, 0.5) is 0 Å². The smallest absolute Gasteiger partial charge is 0.142 e. The first-order valence-electron chi connectivity index (χ1n) is 8.68. The number of hydrogen-bond acceptors (Lipinski definition) is 4. The molecule has 5 nitrogen and oxygen atoms in total. The summed E-state index contributed by atoms with van der Waals surface area (Å²) in [5.41, 5.74) is 6.01. The average Bonchev–Trinajstić information content (AvgIpc) is 2.93. The zero-order chi connectivity index (χ0) is 19.4. The van der Waals surface area contributed by atoms with Crippen molar-refractivity contribution in [3.8, 4) is 5.69 Å². The number of carbonyl (C=O) groups excluding carboxylic acids is 1. The maximum absolute atomic E-state index is 11.0. The monoisotopic (exact) mass is 361 g/mol. The third kappa shape index (κ3) is 4.08. The predicted molar refractivity (Wildman–Crippen MR) is 103 cm³/mol. The summed E-state index contributed by atoms with van der Waals surface area (Å²) in [6.45, 7) is 6.30. The van der Waals surface area contributed by atoms with Crippen molar-refractivity contribution in [3.05, 3.63) is 88.2 Å². The minimum atomic E-state index is -1.17. The van der Waals surface area contributed by atoms with Crippen molar-refractivity contribution in [2.45, 2.75) is 27.4 Å². The summed E-state index contributed by atoms with van der Waals surface area (Å²) in [4.78, 5) is 16.4. The van der Waals surface area contributed by atoms with Gasteiger partial charge in [-0.1, -0.05) is 41.6 Å². The number of aromatic nitrogens is 1. The van der Waals surface area contributed by atoms with E-state index < -0.39 is 5.97 Å². The van der Waals surface area contributed by atoms with E-state index in [1.54, 1.807) is 24.4 Å². The van der Waals surface area contributed by atoms with Gasteiger partial charge < -0.3 is 19.3 Å². The van der Waals surface area contributed by atoms with Gasteiger partial charge in [-0.3, -0.25) is 0 Å². The molecule has 3 rings (SSSR count). The van der Waals surface area contributed by atoms with Crippen LogP contribution in [0.1, 0.15) is 38.4 Å². The Bertz CT molecular complexity index is 988. The standard InChI is InChI=1S/C22H22N2O3/c1-15-11-19(22(25)26)9-10-21(15)24-16(2)12-20(17(24)3)13-23-27-14-18-7-5-4-6-8-18/h4-13H,14H2,1-3H3,(H,25,26)/p-1/b23-13-. The minimum Gasteiger partial charge on any atom is -0.545 e.